The van der Waals surface area contributed by atoms with Gasteiger partial charge in [0, 0.05) is 5.56 Å². The van der Waals surface area contributed by atoms with Gasteiger partial charge >= 0.3 is 6.16 Å². The Balaban J connectivity index is 2.38. The molecule has 3 rings (SSSR count). The van der Waals surface area contributed by atoms with Crippen molar-refractivity contribution in [2.75, 3.05) is 0 Å². The van der Waals surface area contributed by atoms with E-state index in [1.807, 2.05) is 0 Å². The second-order valence-corrected chi connectivity index (χ2v) is 4.82. The summed E-state index contributed by atoms with van der Waals surface area (Å²) >= 11 is 0. The molecule has 122 valence electrons. The second kappa shape index (κ2) is 5.51. The van der Waals surface area contributed by atoms with E-state index in [1.165, 1.54) is 12.1 Å². The maximum absolute atomic E-state index is 12.5. The molecule has 0 amide bonds. The number of hydrogen-bond donors (Lipinski definition) is 4. The molecule has 4 N–H and O–H groups in total. The van der Waals surface area contributed by atoms with Gasteiger partial charge in [-0.05, 0) is 24.3 Å². The highest BCUT2D eigenvalue weighted by atomic mass is 16.7. The second-order valence-electron chi connectivity index (χ2n) is 4.82. The minimum absolute atomic E-state index is 0.0538. The number of fused-ring (bicyclic) bond motifs is 1. The molecule has 0 atom stereocenters. The number of phenols is 3. The van der Waals surface area contributed by atoms with E-state index in [4.69, 9.17) is 9.52 Å². The van der Waals surface area contributed by atoms with E-state index in [0.29, 0.717) is 0 Å². The fourth-order valence-corrected chi connectivity index (χ4v) is 2.23. The Labute approximate surface area is 133 Å². The number of carboxylic acid groups (broad SMARTS) is 1. The highest BCUT2D eigenvalue weighted by molar-refractivity contribution is 5.84. The van der Waals surface area contributed by atoms with E-state index in [1.54, 1.807) is 12.1 Å². The zero-order chi connectivity index (χ0) is 17.4. The molecule has 0 saturated carbocycles. The van der Waals surface area contributed by atoms with Crippen molar-refractivity contribution in [3.63, 3.8) is 0 Å². The van der Waals surface area contributed by atoms with Crippen molar-refractivity contribution in [1.29, 1.82) is 0 Å². The first-order chi connectivity index (χ1) is 11.4. The number of rotatable bonds is 2. The Bertz CT molecular complexity index is 995. The largest absolute Gasteiger partial charge is 0.511 e. The van der Waals surface area contributed by atoms with Gasteiger partial charge in [-0.25, -0.2) is 4.79 Å². The first-order valence-electron chi connectivity index (χ1n) is 6.60. The van der Waals surface area contributed by atoms with E-state index < -0.39 is 34.6 Å². The first kappa shape index (κ1) is 15.2. The lowest BCUT2D eigenvalue weighted by Crippen LogP contribution is -2.14. The zero-order valence-electron chi connectivity index (χ0n) is 11.9. The normalized spacial score (nSPS) is 10.7. The molecule has 2 aromatic carbocycles. The van der Waals surface area contributed by atoms with Crippen molar-refractivity contribution >= 4 is 17.1 Å². The van der Waals surface area contributed by atoms with Gasteiger partial charge in [0.05, 0.1) is 5.39 Å². The number of aromatic hydroxyl groups is 3. The predicted molar refractivity (Wildman–Crippen MR) is 81.6 cm³/mol. The fraction of sp³-hybridized carbons (Fsp3) is 0. The third kappa shape index (κ3) is 2.45. The highest BCUT2D eigenvalue weighted by Gasteiger charge is 2.22. The summed E-state index contributed by atoms with van der Waals surface area (Å²) in [6.45, 7) is 0. The number of carbonyl (C=O) groups is 1. The SMILES string of the molecule is O=C(O)Oc1c(-c2cc(O)c(O)c(O)c2)oc2ccccc2c1=O. The van der Waals surface area contributed by atoms with Crippen molar-refractivity contribution in [1.82, 2.24) is 0 Å². The Kier molecular flexibility index (Phi) is 3.49. The molecule has 0 aliphatic carbocycles. The molecule has 24 heavy (non-hydrogen) atoms. The van der Waals surface area contributed by atoms with Crippen molar-refractivity contribution in [2.45, 2.75) is 0 Å². The van der Waals surface area contributed by atoms with Crippen molar-refractivity contribution < 1.29 is 34.4 Å². The Hall–Kier alpha value is -3.68. The topological polar surface area (TPSA) is 137 Å². The van der Waals surface area contributed by atoms with Crippen LogP contribution >= 0.6 is 0 Å². The van der Waals surface area contributed by atoms with Crippen molar-refractivity contribution in [3.8, 4) is 34.3 Å². The third-order valence-electron chi connectivity index (χ3n) is 3.28. The Morgan fingerprint density at radius 2 is 1.67 bits per heavy atom. The highest BCUT2D eigenvalue weighted by Crippen LogP contribution is 2.41. The minimum Gasteiger partial charge on any atom is -0.504 e. The molecular weight excluding hydrogens is 320 g/mol. The molecule has 1 aromatic heterocycles. The summed E-state index contributed by atoms with van der Waals surface area (Å²) in [6, 6.07) is 8.10. The summed E-state index contributed by atoms with van der Waals surface area (Å²) in [5, 5.41) is 37.6. The molecule has 0 bridgehead atoms. The summed E-state index contributed by atoms with van der Waals surface area (Å²) in [5.74, 6) is -3.05. The summed E-state index contributed by atoms with van der Waals surface area (Å²) < 4.78 is 10.1. The molecule has 0 aliphatic heterocycles. The summed E-state index contributed by atoms with van der Waals surface area (Å²) in [6.07, 6.45) is -1.73. The molecule has 0 aliphatic rings. The van der Waals surface area contributed by atoms with E-state index in [0.717, 1.165) is 12.1 Å². The molecule has 0 spiro atoms. The first-order valence-corrected chi connectivity index (χ1v) is 6.60. The van der Waals surface area contributed by atoms with Crippen LogP contribution in [-0.4, -0.2) is 26.6 Å². The summed E-state index contributed by atoms with van der Waals surface area (Å²) in [4.78, 5) is 23.4. The zero-order valence-corrected chi connectivity index (χ0v) is 11.9. The van der Waals surface area contributed by atoms with Crippen LogP contribution in [0.4, 0.5) is 4.79 Å². The number of para-hydroxylation sites is 1. The lowest BCUT2D eigenvalue weighted by molar-refractivity contribution is 0.143. The lowest BCUT2D eigenvalue weighted by atomic mass is 10.1. The van der Waals surface area contributed by atoms with Crippen LogP contribution in [0.2, 0.25) is 0 Å². The standard InChI is InChI=1S/C16H10O8/c17-9-5-7(6-10(18)13(9)20)14-15(24-16(21)22)12(19)8-3-1-2-4-11(8)23-14/h1-6,17-18,20H,(H,21,22). The van der Waals surface area contributed by atoms with Crippen LogP contribution in [0, 0.1) is 0 Å². The molecule has 8 heteroatoms. The molecular formula is C16H10O8. The minimum atomic E-state index is -1.73. The van der Waals surface area contributed by atoms with Crippen LogP contribution in [-0.2, 0) is 0 Å². The average molecular weight is 330 g/mol. The fourth-order valence-electron chi connectivity index (χ4n) is 2.23. The number of phenolic OH excluding ortho intramolecular Hbond substituents is 3. The number of ether oxygens (including phenoxy) is 1. The van der Waals surface area contributed by atoms with Gasteiger partial charge in [-0.3, -0.25) is 4.79 Å². The van der Waals surface area contributed by atoms with Crippen LogP contribution in [0.15, 0.2) is 45.6 Å². The third-order valence-corrected chi connectivity index (χ3v) is 3.28. The van der Waals surface area contributed by atoms with Crippen LogP contribution in [0.5, 0.6) is 23.0 Å². The van der Waals surface area contributed by atoms with E-state index in [-0.39, 0.29) is 22.3 Å². The molecule has 0 saturated heterocycles. The lowest BCUT2D eigenvalue weighted by Gasteiger charge is -2.10. The summed E-state index contributed by atoms with van der Waals surface area (Å²) in [5.41, 5.74) is -0.634. The molecule has 0 fully saturated rings. The van der Waals surface area contributed by atoms with E-state index in [2.05, 4.69) is 4.74 Å². The maximum atomic E-state index is 12.5. The van der Waals surface area contributed by atoms with E-state index in [9.17, 15) is 24.9 Å². The van der Waals surface area contributed by atoms with Gasteiger partial charge in [-0.1, -0.05) is 12.1 Å². The quantitative estimate of drug-likeness (QED) is 0.415. The van der Waals surface area contributed by atoms with Gasteiger partial charge in [0.1, 0.15) is 5.58 Å². The molecule has 8 nitrogen and oxygen atoms in total. The smallest absolute Gasteiger partial charge is 0.504 e. The van der Waals surface area contributed by atoms with Gasteiger partial charge < -0.3 is 29.6 Å². The number of benzene rings is 2. The van der Waals surface area contributed by atoms with Gasteiger partial charge in [-0.15, -0.1) is 0 Å². The van der Waals surface area contributed by atoms with Crippen LogP contribution in [0.1, 0.15) is 0 Å². The Morgan fingerprint density at radius 1 is 1.04 bits per heavy atom. The molecule has 0 radical (unpaired) electrons. The molecule has 3 aromatic rings. The molecule has 0 unspecified atom stereocenters. The van der Waals surface area contributed by atoms with Gasteiger partial charge in [-0.2, -0.15) is 0 Å². The summed E-state index contributed by atoms with van der Waals surface area (Å²) in [7, 11) is 0. The average Bonchev–Trinajstić information content (AvgIpc) is 2.54. The van der Waals surface area contributed by atoms with Gasteiger partial charge in [0.15, 0.2) is 23.0 Å². The van der Waals surface area contributed by atoms with Crippen molar-refractivity contribution in [3.05, 3.63) is 46.6 Å². The van der Waals surface area contributed by atoms with Gasteiger partial charge in [0.25, 0.3) is 0 Å². The molecule has 1 heterocycles. The van der Waals surface area contributed by atoms with Gasteiger partial charge in [0.2, 0.25) is 11.2 Å². The predicted octanol–water partition coefficient (Wildman–Crippen LogP) is 2.63. The van der Waals surface area contributed by atoms with Crippen molar-refractivity contribution in [2.24, 2.45) is 0 Å². The van der Waals surface area contributed by atoms with Crippen LogP contribution < -0.4 is 10.2 Å². The maximum Gasteiger partial charge on any atom is 0.511 e. The Morgan fingerprint density at radius 3 is 2.29 bits per heavy atom. The monoisotopic (exact) mass is 330 g/mol. The van der Waals surface area contributed by atoms with Crippen LogP contribution in [0.3, 0.4) is 0 Å². The number of hydrogen-bond acceptors (Lipinski definition) is 7. The van der Waals surface area contributed by atoms with E-state index >= 15 is 0 Å². The van der Waals surface area contributed by atoms with Crippen LogP contribution in [0.25, 0.3) is 22.3 Å².